The number of hydrogen-bond donors (Lipinski definition) is 1. The molecule has 0 atom stereocenters. The summed E-state index contributed by atoms with van der Waals surface area (Å²) < 4.78 is 6.35. The number of rotatable bonds is 7. The highest BCUT2D eigenvalue weighted by molar-refractivity contribution is 6.06. The summed E-state index contributed by atoms with van der Waals surface area (Å²) >= 11 is 0. The molecular weight excluding hydrogens is 649 g/mol. The van der Waals surface area contributed by atoms with Gasteiger partial charge in [-0.25, -0.2) is 15.0 Å². The molecule has 0 amide bonds. The Morgan fingerprint density at radius 3 is 1.64 bits per heavy atom. The fourth-order valence-electron chi connectivity index (χ4n) is 7.05. The second kappa shape index (κ2) is 13.5. The van der Waals surface area contributed by atoms with E-state index in [-0.39, 0.29) is 0 Å². The molecule has 252 valence electrons. The summed E-state index contributed by atoms with van der Waals surface area (Å²) in [5.41, 5.74) is 17.5. The first-order chi connectivity index (χ1) is 26.1. The molecule has 7 aromatic carbocycles. The summed E-state index contributed by atoms with van der Waals surface area (Å²) in [6, 6.07) is 58.2. The molecule has 2 N–H and O–H groups in total. The van der Waals surface area contributed by atoms with Gasteiger partial charge in [-0.15, -0.1) is 0 Å². The van der Waals surface area contributed by atoms with Crippen molar-refractivity contribution in [2.75, 3.05) is 5.73 Å². The van der Waals surface area contributed by atoms with Crippen molar-refractivity contribution in [2.45, 2.75) is 6.92 Å². The minimum Gasteiger partial charge on any atom is -0.440 e. The molecule has 9 rings (SSSR count). The van der Waals surface area contributed by atoms with Gasteiger partial charge in [-0.1, -0.05) is 170 Å². The third kappa shape index (κ3) is 6.04. The molecule has 0 aliphatic carbocycles. The second-order valence-corrected chi connectivity index (χ2v) is 13.0. The van der Waals surface area contributed by atoms with Gasteiger partial charge in [0, 0.05) is 27.6 Å². The van der Waals surface area contributed by atoms with Crippen molar-refractivity contribution in [1.29, 1.82) is 0 Å². The van der Waals surface area contributed by atoms with E-state index in [1.54, 1.807) is 0 Å². The molecule has 0 saturated heterocycles. The number of furan rings is 1. The molecule has 0 radical (unpaired) electrons. The molecule has 9 aromatic rings. The van der Waals surface area contributed by atoms with Crippen LogP contribution in [0.25, 0.3) is 83.7 Å². The van der Waals surface area contributed by atoms with E-state index in [1.807, 2.05) is 55.5 Å². The lowest BCUT2D eigenvalue weighted by Crippen LogP contribution is -2.00. The van der Waals surface area contributed by atoms with Gasteiger partial charge in [0.25, 0.3) is 0 Å². The van der Waals surface area contributed by atoms with Gasteiger partial charge in [0.05, 0.1) is 5.56 Å². The Kier molecular flexibility index (Phi) is 8.14. The number of nitrogens with two attached hydrogens (primary N) is 1. The Morgan fingerprint density at radius 2 is 1.00 bits per heavy atom. The first-order valence-electron chi connectivity index (χ1n) is 17.7. The second-order valence-electron chi connectivity index (χ2n) is 13.0. The summed E-state index contributed by atoms with van der Waals surface area (Å²) in [5, 5.41) is 3.35. The van der Waals surface area contributed by atoms with Crippen LogP contribution in [0, 0.1) is 0 Å². The van der Waals surface area contributed by atoms with Crippen LogP contribution in [0.3, 0.4) is 0 Å². The van der Waals surface area contributed by atoms with Crippen molar-refractivity contribution in [2.24, 2.45) is 0 Å². The lowest BCUT2D eigenvalue weighted by Gasteiger charge is -2.11. The van der Waals surface area contributed by atoms with E-state index in [0.29, 0.717) is 23.4 Å². The van der Waals surface area contributed by atoms with E-state index in [4.69, 9.17) is 25.1 Å². The molecule has 0 aliphatic rings. The van der Waals surface area contributed by atoms with Crippen LogP contribution in [0.5, 0.6) is 0 Å². The third-order valence-electron chi connectivity index (χ3n) is 9.73. The molecule has 0 aliphatic heterocycles. The number of nitrogens with zero attached hydrogens (tertiary/aromatic N) is 3. The van der Waals surface area contributed by atoms with Gasteiger partial charge in [-0.05, 0) is 51.6 Å². The van der Waals surface area contributed by atoms with Crippen LogP contribution in [-0.2, 0) is 0 Å². The molecule has 53 heavy (non-hydrogen) atoms. The molecule has 2 heterocycles. The van der Waals surface area contributed by atoms with Crippen molar-refractivity contribution in [3.8, 4) is 56.4 Å². The predicted molar refractivity (Wildman–Crippen MR) is 218 cm³/mol. The zero-order valence-electron chi connectivity index (χ0n) is 29.1. The number of para-hydroxylation sites is 1. The number of anilines is 1. The standard InChI is InChI=1S/C48H34N4O/c1-2-40(43-42-19-11-18-41(44(42)53-45(43)49)39-29-22-32-14-9-10-17-38(32)30-39)34-23-27-37(28-24-34)48-51-46(35-15-7-4-8-16-35)50-47(52-48)36-25-20-33(21-26-36)31-12-5-3-6-13-31/h2-30H,49H2,1H3/b40-2-. The highest BCUT2D eigenvalue weighted by Crippen LogP contribution is 2.41. The van der Waals surface area contributed by atoms with Crippen LogP contribution in [0.4, 0.5) is 5.88 Å². The van der Waals surface area contributed by atoms with Gasteiger partial charge in [0.15, 0.2) is 23.4 Å². The molecule has 0 saturated carbocycles. The molecule has 2 aromatic heterocycles. The number of hydrogen-bond acceptors (Lipinski definition) is 5. The Hall–Kier alpha value is -7.11. The van der Waals surface area contributed by atoms with Crippen LogP contribution in [0.2, 0.25) is 0 Å². The van der Waals surface area contributed by atoms with Crippen molar-refractivity contribution in [3.05, 3.63) is 187 Å². The average molecular weight is 683 g/mol. The molecule has 0 spiro atoms. The fourth-order valence-corrected chi connectivity index (χ4v) is 7.05. The third-order valence-corrected chi connectivity index (χ3v) is 9.73. The van der Waals surface area contributed by atoms with Crippen LogP contribution >= 0.6 is 0 Å². The van der Waals surface area contributed by atoms with Gasteiger partial charge in [0.2, 0.25) is 0 Å². The Bertz CT molecular complexity index is 2770. The lowest BCUT2D eigenvalue weighted by molar-refractivity contribution is 0.637. The number of fused-ring (bicyclic) bond motifs is 2. The van der Waals surface area contributed by atoms with E-state index in [1.165, 1.54) is 10.8 Å². The Labute approximate surface area is 307 Å². The van der Waals surface area contributed by atoms with Gasteiger partial charge >= 0.3 is 0 Å². The monoisotopic (exact) mass is 682 g/mol. The van der Waals surface area contributed by atoms with E-state index < -0.39 is 0 Å². The summed E-state index contributed by atoms with van der Waals surface area (Å²) in [6.45, 7) is 2.03. The normalized spacial score (nSPS) is 11.7. The van der Waals surface area contributed by atoms with Gasteiger partial charge in [-0.3, -0.25) is 0 Å². The summed E-state index contributed by atoms with van der Waals surface area (Å²) in [4.78, 5) is 14.9. The Morgan fingerprint density at radius 1 is 0.491 bits per heavy atom. The van der Waals surface area contributed by atoms with Crippen LogP contribution in [0.15, 0.2) is 180 Å². The number of aromatic nitrogens is 3. The average Bonchev–Trinajstić information content (AvgIpc) is 3.57. The van der Waals surface area contributed by atoms with E-state index in [0.717, 1.165) is 66.6 Å². The maximum absolute atomic E-state index is 6.68. The van der Waals surface area contributed by atoms with Gasteiger partial charge in [-0.2, -0.15) is 0 Å². The van der Waals surface area contributed by atoms with E-state index >= 15 is 0 Å². The van der Waals surface area contributed by atoms with Crippen LogP contribution in [-0.4, -0.2) is 15.0 Å². The molecule has 0 fully saturated rings. The topological polar surface area (TPSA) is 77.8 Å². The fraction of sp³-hybridized carbons (Fsp3) is 0.0208. The van der Waals surface area contributed by atoms with Crippen molar-refractivity contribution in [1.82, 2.24) is 15.0 Å². The van der Waals surface area contributed by atoms with Gasteiger partial charge < -0.3 is 10.2 Å². The number of allylic oxidation sites excluding steroid dienone is 1. The molecule has 0 unspecified atom stereocenters. The maximum atomic E-state index is 6.68. The minimum atomic E-state index is 0.387. The first kappa shape index (κ1) is 31.8. The van der Waals surface area contributed by atoms with Crippen molar-refractivity contribution < 1.29 is 4.42 Å². The highest BCUT2D eigenvalue weighted by Gasteiger charge is 2.20. The van der Waals surface area contributed by atoms with E-state index in [2.05, 4.69) is 127 Å². The smallest absolute Gasteiger partial charge is 0.199 e. The number of nitrogen functional groups attached to an aromatic ring is 1. The summed E-state index contributed by atoms with van der Waals surface area (Å²) in [5.74, 6) is 2.23. The van der Waals surface area contributed by atoms with E-state index in [9.17, 15) is 0 Å². The molecule has 5 heteroatoms. The maximum Gasteiger partial charge on any atom is 0.199 e. The molecule has 5 nitrogen and oxygen atoms in total. The number of benzene rings is 7. The summed E-state index contributed by atoms with van der Waals surface area (Å²) in [6.07, 6.45) is 2.09. The largest absolute Gasteiger partial charge is 0.440 e. The highest BCUT2D eigenvalue weighted by atomic mass is 16.3. The summed E-state index contributed by atoms with van der Waals surface area (Å²) in [7, 11) is 0. The lowest BCUT2D eigenvalue weighted by atomic mass is 9.93. The minimum absolute atomic E-state index is 0.387. The zero-order chi connectivity index (χ0) is 35.7. The molecule has 0 bridgehead atoms. The molecular formula is C48H34N4O. The Balaban J connectivity index is 1.08. The zero-order valence-corrected chi connectivity index (χ0v) is 29.1. The van der Waals surface area contributed by atoms with Crippen LogP contribution < -0.4 is 5.73 Å². The quantitative estimate of drug-likeness (QED) is 0.181. The van der Waals surface area contributed by atoms with Crippen LogP contribution in [0.1, 0.15) is 18.1 Å². The van der Waals surface area contributed by atoms with Crippen molar-refractivity contribution >= 4 is 33.2 Å². The van der Waals surface area contributed by atoms with Crippen molar-refractivity contribution in [3.63, 3.8) is 0 Å². The predicted octanol–water partition coefficient (Wildman–Crippen LogP) is 12.1. The van der Waals surface area contributed by atoms with Gasteiger partial charge in [0.1, 0.15) is 5.58 Å². The first-order valence-corrected chi connectivity index (χ1v) is 17.7. The SMILES string of the molecule is C/C=C(/c1ccc(-c2nc(-c3ccccc3)nc(-c3ccc(-c4ccccc4)cc3)n2)cc1)c1c(N)oc2c(-c3ccc4ccccc4c3)cccc12.